The van der Waals surface area contributed by atoms with Crippen molar-refractivity contribution < 1.29 is 19.4 Å². The lowest BCUT2D eigenvalue weighted by Gasteiger charge is -2.40. The summed E-state index contributed by atoms with van der Waals surface area (Å²) in [4.78, 5) is 45.5. The molecule has 0 amide bonds. The molecule has 2 aromatic rings. The van der Waals surface area contributed by atoms with Crippen molar-refractivity contribution in [2.75, 3.05) is 6.61 Å². The van der Waals surface area contributed by atoms with Crippen LogP contribution in [0.3, 0.4) is 0 Å². The molecule has 0 fully saturated rings. The van der Waals surface area contributed by atoms with Crippen molar-refractivity contribution >= 4 is 17.3 Å². The summed E-state index contributed by atoms with van der Waals surface area (Å²) in [7, 11) is 0. The third kappa shape index (κ3) is 4.24. The molecule has 2 aromatic carbocycles. The number of allylic oxidation sites excluding steroid dienone is 1. The number of nitro benzene ring substituents is 2. The highest BCUT2D eigenvalue weighted by molar-refractivity contribution is 5.91. The first-order valence-corrected chi connectivity index (χ1v) is 9.53. The quantitative estimate of drug-likeness (QED) is 0.293. The number of esters is 1. The normalized spacial score (nSPS) is 18.0. The number of nitroso groups, excluding NO2 is 1. The fourth-order valence-electron chi connectivity index (χ4n) is 3.52. The molecule has 0 bridgehead atoms. The maximum absolute atomic E-state index is 12.7. The number of carbonyl (C=O) groups excluding carboxylic acids is 1. The van der Waals surface area contributed by atoms with Crippen LogP contribution in [0.25, 0.3) is 0 Å². The van der Waals surface area contributed by atoms with Gasteiger partial charge in [0.05, 0.1) is 27.3 Å². The van der Waals surface area contributed by atoms with Crippen molar-refractivity contribution in [2.45, 2.75) is 26.1 Å². The molecule has 0 aliphatic carbocycles. The fraction of sp³-hybridized carbons (Fsp3) is 0.250. The monoisotopic (exact) mass is 441 g/mol. The number of ether oxygens (including phenoxy) is 1. The van der Waals surface area contributed by atoms with E-state index in [1.54, 1.807) is 13.8 Å². The zero-order valence-electron chi connectivity index (χ0n) is 17.1. The van der Waals surface area contributed by atoms with Gasteiger partial charge in [-0.3, -0.25) is 20.2 Å². The molecule has 0 unspecified atom stereocenters. The molecule has 3 rings (SSSR count). The molecule has 12 heteroatoms. The lowest BCUT2D eigenvalue weighted by Crippen LogP contribution is -2.44. The van der Waals surface area contributed by atoms with E-state index in [4.69, 9.17) is 4.74 Å². The number of non-ortho nitro benzene ring substituents is 2. The number of nitrogens with zero attached hydrogens (tertiary/aromatic N) is 4. The number of hydrogen-bond donors (Lipinski definition) is 1. The number of nitrogens with one attached hydrogen (secondary N) is 1. The third-order valence-corrected chi connectivity index (χ3v) is 4.99. The molecular formula is C20H19N5O7. The Morgan fingerprint density at radius 2 is 1.53 bits per heavy atom. The highest BCUT2D eigenvalue weighted by Crippen LogP contribution is 2.41. The van der Waals surface area contributed by atoms with Crippen LogP contribution >= 0.6 is 0 Å². The van der Waals surface area contributed by atoms with Gasteiger partial charge in [-0.05, 0) is 49.2 Å². The molecule has 1 N–H and O–H groups in total. The van der Waals surface area contributed by atoms with Gasteiger partial charge in [-0.1, -0.05) is 0 Å². The minimum Gasteiger partial charge on any atom is -0.463 e. The molecular weight excluding hydrogens is 422 g/mol. The van der Waals surface area contributed by atoms with Crippen LogP contribution in [0.4, 0.5) is 11.4 Å². The first-order valence-electron chi connectivity index (χ1n) is 9.53. The van der Waals surface area contributed by atoms with Crippen LogP contribution in [0.15, 0.2) is 65.1 Å². The summed E-state index contributed by atoms with van der Waals surface area (Å²) < 4.78 is 5.15. The van der Waals surface area contributed by atoms with Gasteiger partial charge in [-0.25, -0.2) is 9.80 Å². The van der Waals surface area contributed by atoms with Gasteiger partial charge in [-0.15, -0.1) is 4.91 Å². The van der Waals surface area contributed by atoms with Gasteiger partial charge in [-0.2, -0.15) is 0 Å². The summed E-state index contributed by atoms with van der Waals surface area (Å²) in [6, 6.07) is 9.93. The highest BCUT2D eigenvalue weighted by atomic mass is 16.6. The second-order valence-corrected chi connectivity index (χ2v) is 6.87. The fourth-order valence-corrected chi connectivity index (χ4v) is 3.52. The summed E-state index contributed by atoms with van der Waals surface area (Å²) in [6.07, 6.45) is -0.855. The Kier molecular flexibility index (Phi) is 6.42. The van der Waals surface area contributed by atoms with E-state index < -0.39 is 28.0 Å². The van der Waals surface area contributed by atoms with E-state index in [9.17, 15) is 29.9 Å². The SMILES string of the molecule is CCOC(=O)C1=C(C)N[C@@H](c2ccc([N+](=O)[O-])cc2)N(N=O)[C@@H]1c1ccc([N+](=O)[O-])cc1. The summed E-state index contributed by atoms with van der Waals surface area (Å²) in [5.74, 6) is -0.670. The zero-order valence-corrected chi connectivity index (χ0v) is 17.1. The van der Waals surface area contributed by atoms with Crippen LogP contribution < -0.4 is 5.32 Å². The number of hydrogen-bond acceptors (Lipinski definition) is 9. The topological polar surface area (TPSA) is 157 Å². The van der Waals surface area contributed by atoms with Crippen LogP contribution in [-0.2, 0) is 9.53 Å². The molecule has 32 heavy (non-hydrogen) atoms. The van der Waals surface area contributed by atoms with E-state index in [0.717, 1.165) is 5.01 Å². The maximum Gasteiger partial charge on any atom is 0.338 e. The average molecular weight is 441 g/mol. The van der Waals surface area contributed by atoms with E-state index in [2.05, 4.69) is 10.6 Å². The van der Waals surface area contributed by atoms with E-state index >= 15 is 0 Å². The Labute approximate surface area is 181 Å². The van der Waals surface area contributed by atoms with Crippen LogP contribution in [0.1, 0.15) is 37.2 Å². The van der Waals surface area contributed by atoms with Crippen molar-refractivity contribution in [1.29, 1.82) is 0 Å². The third-order valence-electron chi connectivity index (χ3n) is 4.99. The standard InChI is InChI=1S/C20H19N5O7/c1-3-32-20(26)17-12(2)21-19(14-6-10-16(11-7-14)25(30)31)23(22-27)18(17)13-4-8-15(9-5-13)24(28)29/h4-11,18-19,21H,3H2,1-2H3/t18-,19-/m1/s1. The Bertz CT molecular complexity index is 1080. The molecule has 0 aromatic heterocycles. The summed E-state index contributed by atoms with van der Waals surface area (Å²) >= 11 is 0. The van der Waals surface area contributed by atoms with E-state index in [-0.39, 0.29) is 23.6 Å². The number of rotatable bonds is 7. The largest absolute Gasteiger partial charge is 0.463 e. The smallest absolute Gasteiger partial charge is 0.338 e. The minimum absolute atomic E-state index is 0.100. The first kappa shape index (κ1) is 22.3. The lowest BCUT2D eigenvalue weighted by atomic mass is 9.92. The molecule has 2 atom stereocenters. The number of benzene rings is 2. The second-order valence-electron chi connectivity index (χ2n) is 6.87. The molecule has 0 spiro atoms. The Hall–Kier alpha value is -4.35. The van der Waals surface area contributed by atoms with Gasteiger partial charge in [0, 0.05) is 30.0 Å². The van der Waals surface area contributed by atoms with Crippen molar-refractivity contribution in [2.24, 2.45) is 5.29 Å². The molecule has 0 saturated heterocycles. The lowest BCUT2D eigenvalue weighted by molar-refractivity contribution is -0.385. The molecule has 12 nitrogen and oxygen atoms in total. The number of carbonyl (C=O) groups is 1. The van der Waals surface area contributed by atoms with Gasteiger partial charge in [0.2, 0.25) is 0 Å². The summed E-state index contributed by atoms with van der Waals surface area (Å²) in [5, 5.41) is 29.2. The van der Waals surface area contributed by atoms with Crippen molar-refractivity contribution in [3.63, 3.8) is 0 Å². The molecule has 0 saturated carbocycles. The number of nitro groups is 2. The summed E-state index contributed by atoms with van der Waals surface area (Å²) in [6.45, 7) is 3.37. The predicted molar refractivity (Wildman–Crippen MR) is 112 cm³/mol. The second kappa shape index (κ2) is 9.20. The molecule has 1 aliphatic rings. The van der Waals surface area contributed by atoms with Crippen LogP contribution in [0.2, 0.25) is 0 Å². The van der Waals surface area contributed by atoms with E-state index in [1.807, 2.05) is 0 Å². The average Bonchev–Trinajstić information content (AvgIpc) is 2.78. The van der Waals surface area contributed by atoms with Crippen LogP contribution in [0, 0.1) is 25.1 Å². The van der Waals surface area contributed by atoms with Crippen LogP contribution in [0.5, 0.6) is 0 Å². The van der Waals surface area contributed by atoms with E-state index in [0.29, 0.717) is 16.8 Å². The van der Waals surface area contributed by atoms with Crippen molar-refractivity contribution in [3.05, 3.63) is 96.1 Å². The molecule has 1 aliphatic heterocycles. The first-order chi connectivity index (χ1) is 15.3. The minimum atomic E-state index is -1.01. The Balaban J connectivity index is 2.12. The Morgan fingerprint density at radius 1 is 1.03 bits per heavy atom. The predicted octanol–water partition coefficient (Wildman–Crippen LogP) is 3.67. The molecule has 166 valence electrons. The van der Waals surface area contributed by atoms with Crippen molar-refractivity contribution in [1.82, 2.24) is 10.3 Å². The van der Waals surface area contributed by atoms with Gasteiger partial charge in [0.1, 0.15) is 12.2 Å². The Morgan fingerprint density at radius 3 is 1.97 bits per heavy atom. The zero-order chi connectivity index (χ0) is 23.4. The maximum atomic E-state index is 12.7. The van der Waals surface area contributed by atoms with E-state index in [1.165, 1.54) is 48.5 Å². The van der Waals surface area contributed by atoms with Crippen molar-refractivity contribution in [3.8, 4) is 0 Å². The molecule has 0 radical (unpaired) electrons. The highest BCUT2D eigenvalue weighted by Gasteiger charge is 2.41. The van der Waals surface area contributed by atoms with Gasteiger partial charge in [0.15, 0.2) is 0 Å². The van der Waals surface area contributed by atoms with Gasteiger partial charge < -0.3 is 10.1 Å². The molecule has 1 heterocycles. The van der Waals surface area contributed by atoms with Gasteiger partial charge >= 0.3 is 5.97 Å². The summed E-state index contributed by atoms with van der Waals surface area (Å²) in [5.41, 5.74) is 1.16. The van der Waals surface area contributed by atoms with Crippen LogP contribution in [-0.4, -0.2) is 27.4 Å². The van der Waals surface area contributed by atoms with Gasteiger partial charge in [0.25, 0.3) is 11.4 Å².